The van der Waals surface area contributed by atoms with E-state index < -0.39 is 40.1 Å². The van der Waals surface area contributed by atoms with Gasteiger partial charge in [0.15, 0.2) is 17.5 Å². The Morgan fingerprint density at radius 2 is 1.82 bits per heavy atom. The van der Waals surface area contributed by atoms with Crippen molar-refractivity contribution in [3.63, 3.8) is 0 Å². The van der Waals surface area contributed by atoms with Gasteiger partial charge in [-0.15, -0.1) is 0 Å². The Kier molecular flexibility index (Phi) is 2.38. The Bertz CT molecular complexity index is 693. The molecule has 0 bridgehead atoms. The summed E-state index contributed by atoms with van der Waals surface area (Å²) in [6.45, 7) is 0. The van der Waals surface area contributed by atoms with E-state index in [4.69, 9.17) is 5.11 Å². The van der Waals surface area contributed by atoms with Crippen LogP contribution in [0.2, 0.25) is 0 Å². The van der Waals surface area contributed by atoms with Gasteiger partial charge in [-0.2, -0.15) is 0 Å². The number of aromatic amines is 1. The van der Waals surface area contributed by atoms with Gasteiger partial charge in [0.05, 0.1) is 5.52 Å². The van der Waals surface area contributed by atoms with Gasteiger partial charge < -0.3 is 10.1 Å². The first kappa shape index (κ1) is 11.2. The normalized spacial score (nSPS) is 10.8. The number of rotatable bonds is 1. The van der Waals surface area contributed by atoms with E-state index in [1.54, 1.807) is 0 Å². The average molecular weight is 243 g/mol. The predicted octanol–water partition coefficient (Wildman–Crippen LogP) is 1.64. The van der Waals surface area contributed by atoms with Crippen molar-refractivity contribution in [3.05, 3.63) is 45.5 Å². The number of hydrogen-bond acceptors (Lipinski definition) is 2. The fourth-order valence-corrected chi connectivity index (χ4v) is 1.42. The van der Waals surface area contributed by atoms with Crippen LogP contribution in [0.1, 0.15) is 10.4 Å². The van der Waals surface area contributed by atoms with Crippen LogP contribution >= 0.6 is 0 Å². The minimum Gasteiger partial charge on any atom is -0.477 e. The number of aromatic carboxylic acids is 1. The first-order chi connectivity index (χ1) is 7.91. The molecule has 0 unspecified atom stereocenters. The van der Waals surface area contributed by atoms with Gasteiger partial charge in [0.25, 0.3) is 5.56 Å². The fraction of sp³-hybridized carbons (Fsp3) is 0. The Labute approximate surface area is 91.3 Å². The van der Waals surface area contributed by atoms with Gasteiger partial charge >= 0.3 is 5.97 Å². The lowest BCUT2D eigenvalue weighted by Crippen LogP contribution is -2.17. The highest BCUT2D eigenvalue weighted by atomic mass is 19.2. The van der Waals surface area contributed by atoms with Crippen molar-refractivity contribution in [2.75, 3.05) is 0 Å². The third-order valence-electron chi connectivity index (χ3n) is 2.21. The van der Waals surface area contributed by atoms with Crippen molar-refractivity contribution in [1.82, 2.24) is 4.98 Å². The molecule has 1 heterocycles. The Morgan fingerprint density at radius 3 is 2.41 bits per heavy atom. The number of H-pyrrole nitrogens is 1. The van der Waals surface area contributed by atoms with E-state index in [0.29, 0.717) is 6.07 Å². The van der Waals surface area contributed by atoms with Gasteiger partial charge in [0.1, 0.15) is 5.56 Å². The van der Waals surface area contributed by atoms with Crippen molar-refractivity contribution in [2.45, 2.75) is 0 Å². The molecule has 88 valence electrons. The molecule has 0 aliphatic carbocycles. The first-order valence-electron chi connectivity index (χ1n) is 4.35. The molecule has 1 aromatic carbocycles. The Morgan fingerprint density at radius 1 is 1.18 bits per heavy atom. The second-order valence-electron chi connectivity index (χ2n) is 3.27. The molecule has 7 heteroatoms. The zero-order chi connectivity index (χ0) is 12.7. The highest BCUT2D eigenvalue weighted by molar-refractivity contribution is 5.92. The van der Waals surface area contributed by atoms with Crippen LogP contribution in [0.5, 0.6) is 0 Å². The van der Waals surface area contributed by atoms with E-state index in [0.717, 1.165) is 6.07 Å². The summed E-state index contributed by atoms with van der Waals surface area (Å²) in [7, 11) is 0. The zero-order valence-corrected chi connectivity index (χ0v) is 8.05. The van der Waals surface area contributed by atoms with Crippen molar-refractivity contribution >= 4 is 16.9 Å². The quantitative estimate of drug-likeness (QED) is 0.748. The largest absolute Gasteiger partial charge is 0.477 e. The summed E-state index contributed by atoms with van der Waals surface area (Å²) < 4.78 is 39.0. The maximum absolute atomic E-state index is 13.2. The van der Waals surface area contributed by atoms with Gasteiger partial charge in [-0.1, -0.05) is 0 Å². The average Bonchev–Trinajstić information content (AvgIpc) is 2.26. The number of carboxylic acid groups (broad SMARTS) is 1. The SMILES string of the molecule is O=C(O)c1cc2cc(F)c(F)c(F)c2[nH]c1=O. The van der Waals surface area contributed by atoms with Crippen molar-refractivity contribution in [3.8, 4) is 0 Å². The van der Waals surface area contributed by atoms with Crippen LogP contribution in [0.3, 0.4) is 0 Å². The topological polar surface area (TPSA) is 70.2 Å². The van der Waals surface area contributed by atoms with Gasteiger partial charge in [-0.05, 0) is 12.1 Å². The number of carboxylic acids is 1. The summed E-state index contributed by atoms with van der Waals surface area (Å²) in [5.41, 5.74) is -2.34. The van der Waals surface area contributed by atoms with E-state index in [1.165, 1.54) is 0 Å². The summed E-state index contributed by atoms with van der Waals surface area (Å²) in [5, 5.41) is 8.40. The molecule has 0 spiro atoms. The molecule has 0 aliphatic heterocycles. The third kappa shape index (κ3) is 1.65. The molecule has 0 saturated carbocycles. The lowest BCUT2D eigenvalue weighted by atomic mass is 10.1. The van der Waals surface area contributed by atoms with E-state index >= 15 is 0 Å². The lowest BCUT2D eigenvalue weighted by Gasteiger charge is -2.03. The number of carbonyl (C=O) groups is 1. The highest BCUT2D eigenvalue weighted by Crippen LogP contribution is 2.20. The number of nitrogens with one attached hydrogen (secondary N) is 1. The number of aromatic nitrogens is 1. The van der Waals surface area contributed by atoms with Crippen molar-refractivity contribution < 1.29 is 23.1 Å². The minimum absolute atomic E-state index is 0.238. The number of hydrogen-bond donors (Lipinski definition) is 2. The number of pyridine rings is 1. The molecule has 17 heavy (non-hydrogen) atoms. The molecule has 0 aliphatic rings. The smallest absolute Gasteiger partial charge is 0.341 e. The van der Waals surface area contributed by atoms with Gasteiger partial charge in [0.2, 0.25) is 0 Å². The van der Waals surface area contributed by atoms with E-state index in [-0.39, 0.29) is 5.39 Å². The van der Waals surface area contributed by atoms with Crippen LogP contribution in [0.25, 0.3) is 10.9 Å². The molecule has 0 amide bonds. The number of benzene rings is 1. The van der Waals surface area contributed by atoms with E-state index in [1.807, 2.05) is 4.98 Å². The summed E-state index contributed by atoms with van der Waals surface area (Å²) >= 11 is 0. The number of fused-ring (bicyclic) bond motifs is 1. The Balaban J connectivity index is 2.94. The summed E-state index contributed by atoms with van der Waals surface area (Å²) in [6, 6.07) is 1.39. The maximum atomic E-state index is 13.2. The molecule has 2 aromatic rings. The fourth-order valence-electron chi connectivity index (χ4n) is 1.42. The number of halogens is 3. The van der Waals surface area contributed by atoms with Gasteiger partial charge in [0, 0.05) is 5.39 Å². The zero-order valence-electron chi connectivity index (χ0n) is 8.05. The van der Waals surface area contributed by atoms with Crippen LogP contribution in [-0.2, 0) is 0 Å². The van der Waals surface area contributed by atoms with Gasteiger partial charge in [-0.25, -0.2) is 18.0 Å². The minimum atomic E-state index is -1.73. The monoisotopic (exact) mass is 243 g/mol. The Hall–Kier alpha value is -2.31. The summed E-state index contributed by atoms with van der Waals surface area (Å²) in [4.78, 5) is 23.7. The predicted molar refractivity (Wildman–Crippen MR) is 51.4 cm³/mol. The molecule has 0 fully saturated rings. The third-order valence-corrected chi connectivity index (χ3v) is 2.21. The lowest BCUT2D eigenvalue weighted by molar-refractivity contribution is 0.0695. The highest BCUT2D eigenvalue weighted by Gasteiger charge is 2.17. The van der Waals surface area contributed by atoms with Crippen LogP contribution in [0.15, 0.2) is 16.9 Å². The molecule has 0 radical (unpaired) electrons. The molecule has 0 atom stereocenters. The van der Waals surface area contributed by atoms with E-state index in [2.05, 4.69) is 0 Å². The van der Waals surface area contributed by atoms with Crippen LogP contribution in [-0.4, -0.2) is 16.1 Å². The molecule has 2 rings (SSSR count). The summed E-state index contributed by atoms with van der Waals surface area (Å²) in [5.74, 6) is -6.29. The summed E-state index contributed by atoms with van der Waals surface area (Å²) in [6.07, 6.45) is 0. The maximum Gasteiger partial charge on any atom is 0.341 e. The molecule has 2 N–H and O–H groups in total. The van der Waals surface area contributed by atoms with E-state index in [9.17, 15) is 22.8 Å². The molecular formula is C10H4F3NO3. The molecular weight excluding hydrogens is 239 g/mol. The van der Waals surface area contributed by atoms with Crippen LogP contribution < -0.4 is 5.56 Å². The van der Waals surface area contributed by atoms with Gasteiger partial charge in [-0.3, -0.25) is 4.79 Å². The van der Waals surface area contributed by atoms with Crippen LogP contribution in [0, 0.1) is 17.5 Å². The molecule has 1 aromatic heterocycles. The second-order valence-corrected chi connectivity index (χ2v) is 3.27. The standard InChI is InChI=1S/C10H4F3NO3/c11-5-2-3-1-4(10(16)17)9(15)14-8(3)7(13)6(5)12/h1-2H,(H,14,15)(H,16,17). The second kappa shape index (κ2) is 3.62. The first-order valence-corrected chi connectivity index (χ1v) is 4.35. The van der Waals surface area contributed by atoms with Crippen molar-refractivity contribution in [1.29, 1.82) is 0 Å². The van der Waals surface area contributed by atoms with Crippen molar-refractivity contribution in [2.24, 2.45) is 0 Å². The molecule has 4 nitrogen and oxygen atoms in total. The molecule has 0 saturated heterocycles. The van der Waals surface area contributed by atoms with Crippen LogP contribution in [0.4, 0.5) is 13.2 Å².